The molecule has 0 aromatic heterocycles. The lowest BCUT2D eigenvalue weighted by Crippen LogP contribution is -2.52. The molecular weight excluding hydrogens is 260 g/mol. The number of likely N-dealkylation sites (N-methyl/N-ethyl adjacent to an activating group) is 1. The van der Waals surface area contributed by atoms with Gasteiger partial charge in [-0.25, -0.2) is 0 Å². The summed E-state index contributed by atoms with van der Waals surface area (Å²) in [7, 11) is 0. The zero-order valence-electron chi connectivity index (χ0n) is 12.9. The fourth-order valence-electron chi connectivity index (χ4n) is 2.00. The Labute approximate surface area is 124 Å². The zero-order chi connectivity index (χ0) is 14.5. The molecule has 0 bridgehead atoms. The third-order valence-corrected chi connectivity index (χ3v) is 3.87. The van der Waals surface area contributed by atoms with Crippen molar-refractivity contribution in [3.8, 4) is 0 Å². The van der Waals surface area contributed by atoms with Crippen molar-refractivity contribution in [2.24, 2.45) is 0 Å². The second-order valence-electron chi connectivity index (χ2n) is 5.81. The highest BCUT2D eigenvalue weighted by molar-refractivity contribution is 7.89. The average Bonchev–Trinajstić information content (AvgIpc) is 2.23. The fraction of sp³-hybridized carbons (Fsp3) is 0.857. The molecule has 4 heteroatoms. The predicted molar refractivity (Wildman–Crippen MR) is 89.5 cm³/mol. The Balaban J connectivity index is 5.00. The highest BCUT2D eigenvalue weighted by atomic mass is 32.1. The molecule has 0 heterocycles. The van der Waals surface area contributed by atoms with Crippen LogP contribution in [0.1, 0.15) is 54.9 Å². The van der Waals surface area contributed by atoms with Crippen LogP contribution < -0.4 is 0 Å². The zero-order valence-corrected chi connectivity index (χ0v) is 14.5. The second kappa shape index (κ2) is 7.39. The maximum absolute atomic E-state index is 5.60. The van der Waals surface area contributed by atoms with Gasteiger partial charge in [-0.3, -0.25) is 0 Å². The van der Waals surface area contributed by atoms with Crippen LogP contribution in [-0.4, -0.2) is 44.4 Å². The van der Waals surface area contributed by atoms with Gasteiger partial charge in [-0.15, -0.1) is 0 Å². The molecule has 0 aliphatic heterocycles. The van der Waals surface area contributed by atoms with E-state index in [1.54, 1.807) is 0 Å². The predicted octanol–water partition coefficient (Wildman–Crippen LogP) is 3.88. The number of rotatable bonds is 4. The van der Waals surface area contributed by atoms with Gasteiger partial charge in [0, 0.05) is 24.7 Å². The van der Waals surface area contributed by atoms with Crippen molar-refractivity contribution in [2.75, 3.05) is 13.1 Å². The first-order valence-corrected chi connectivity index (χ1v) is 7.61. The van der Waals surface area contributed by atoms with E-state index in [4.69, 9.17) is 24.4 Å². The molecule has 0 amide bonds. The SMILES string of the molecule is CCCN(C(=S)C(=S)N(CC)C(C)(C)C)C(C)C. The summed E-state index contributed by atoms with van der Waals surface area (Å²) in [6.07, 6.45) is 1.09. The van der Waals surface area contributed by atoms with E-state index in [1.807, 2.05) is 0 Å². The maximum Gasteiger partial charge on any atom is 0.137 e. The van der Waals surface area contributed by atoms with Crippen molar-refractivity contribution >= 4 is 34.4 Å². The van der Waals surface area contributed by atoms with E-state index in [0.717, 1.165) is 29.5 Å². The molecule has 0 aliphatic carbocycles. The lowest BCUT2D eigenvalue weighted by atomic mass is 10.1. The lowest BCUT2D eigenvalue weighted by molar-refractivity contribution is 0.251. The molecule has 0 aromatic carbocycles. The van der Waals surface area contributed by atoms with Gasteiger partial charge < -0.3 is 9.80 Å². The summed E-state index contributed by atoms with van der Waals surface area (Å²) in [5.74, 6) is 0. The maximum atomic E-state index is 5.60. The Morgan fingerprint density at radius 2 is 1.56 bits per heavy atom. The molecule has 0 saturated heterocycles. The minimum atomic E-state index is 0.0186. The van der Waals surface area contributed by atoms with E-state index in [2.05, 4.69) is 58.3 Å². The van der Waals surface area contributed by atoms with Gasteiger partial charge in [-0.1, -0.05) is 31.4 Å². The van der Waals surface area contributed by atoms with Gasteiger partial charge in [0.2, 0.25) is 0 Å². The molecule has 106 valence electrons. The molecule has 0 aromatic rings. The summed E-state index contributed by atoms with van der Waals surface area (Å²) in [4.78, 5) is 6.06. The molecular formula is C14H28N2S2. The molecule has 18 heavy (non-hydrogen) atoms. The van der Waals surface area contributed by atoms with Crippen molar-refractivity contribution in [2.45, 2.75) is 66.5 Å². The summed E-state index contributed by atoms with van der Waals surface area (Å²) < 4.78 is 0. The molecule has 0 aliphatic rings. The van der Waals surface area contributed by atoms with Crippen LogP contribution in [0.25, 0.3) is 0 Å². The van der Waals surface area contributed by atoms with Crippen molar-refractivity contribution in [3.05, 3.63) is 0 Å². The Morgan fingerprint density at radius 3 is 1.83 bits per heavy atom. The minimum absolute atomic E-state index is 0.0186. The summed E-state index contributed by atoms with van der Waals surface area (Å²) in [6.45, 7) is 17.0. The first kappa shape index (κ1) is 17.8. The fourth-order valence-corrected chi connectivity index (χ4v) is 2.93. The van der Waals surface area contributed by atoms with Crippen LogP contribution in [-0.2, 0) is 0 Å². The first-order chi connectivity index (χ1) is 8.16. The van der Waals surface area contributed by atoms with Crippen molar-refractivity contribution in [1.82, 2.24) is 9.80 Å². The molecule has 0 rings (SSSR count). The Kier molecular flexibility index (Phi) is 7.30. The van der Waals surface area contributed by atoms with Gasteiger partial charge >= 0.3 is 0 Å². The van der Waals surface area contributed by atoms with Gasteiger partial charge in [-0.05, 0) is 48.0 Å². The monoisotopic (exact) mass is 288 g/mol. The van der Waals surface area contributed by atoms with Crippen molar-refractivity contribution < 1.29 is 0 Å². The van der Waals surface area contributed by atoms with E-state index in [9.17, 15) is 0 Å². The van der Waals surface area contributed by atoms with Gasteiger partial charge in [0.1, 0.15) is 9.98 Å². The van der Waals surface area contributed by atoms with Gasteiger partial charge in [-0.2, -0.15) is 0 Å². The smallest absolute Gasteiger partial charge is 0.137 e. The highest BCUT2D eigenvalue weighted by Gasteiger charge is 2.27. The van der Waals surface area contributed by atoms with Crippen LogP contribution >= 0.6 is 24.4 Å². The van der Waals surface area contributed by atoms with Crippen molar-refractivity contribution in [3.63, 3.8) is 0 Å². The minimum Gasteiger partial charge on any atom is -0.358 e. The van der Waals surface area contributed by atoms with E-state index >= 15 is 0 Å². The topological polar surface area (TPSA) is 6.48 Å². The van der Waals surface area contributed by atoms with Crippen molar-refractivity contribution in [1.29, 1.82) is 0 Å². The quantitative estimate of drug-likeness (QED) is 0.724. The molecule has 2 nitrogen and oxygen atoms in total. The van der Waals surface area contributed by atoms with Crippen LogP contribution in [0, 0.1) is 0 Å². The number of nitrogens with zero attached hydrogens (tertiary/aromatic N) is 2. The van der Waals surface area contributed by atoms with Crippen LogP contribution in [0.3, 0.4) is 0 Å². The molecule has 0 fully saturated rings. The van der Waals surface area contributed by atoms with Gasteiger partial charge in [0.05, 0.1) is 0 Å². The third-order valence-electron chi connectivity index (χ3n) is 2.90. The van der Waals surface area contributed by atoms with Crippen LogP contribution in [0.15, 0.2) is 0 Å². The lowest BCUT2D eigenvalue weighted by Gasteiger charge is -2.40. The molecule has 0 saturated carbocycles. The molecule has 0 radical (unpaired) electrons. The number of thiocarbonyl (C=S) groups is 2. The van der Waals surface area contributed by atoms with E-state index in [-0.39, 0.29) is 5.54 Å². The first-order valence-electron chi connectivity index (χ1n) is 6.79. The second-order valence-corrected chi connectivity index (χ2v) is 6.59. The Bertz CT molecular complexity index is 293. The number of hydrogen-bond acceptors (Lipinski definition) is 2. The standard InChI is InChI=1S/C14H28N2S2/c1-8-10-15(11(3)4)12(17)13(18)16(9-2)14(5,6)7/h11H,8-10H2,1-7H3. The largest absolute Gasteiger partial charge is 0.358 e. The van der Waals surface area contributed by atoms with Crippen LogP contribution in [0.5, 0.6) is 0 Å². The summed E-state index contributed by atoms with van der Waals surface area (Å²) in [5, 5.41) is 0. The van der Waals surface area contributed by atoms with Gasteiger partial charge in [0.25, 0.3) is 0 Å². The Hall–Kier alpha value is -0.220. The highest BCUT2D eigenvalue weighted by Crippen LogP contribution is 2.16. The van der Waals surface area contributed by atoms with E-state index < -0.39 is 0 Å². The summed E-state index contributed by atoms with van der Waals surface area (Å²) >= 11 is 11.2. The van der Waals surface area contributed by atoms with E-state index in [1.165, 1.54) is 0 Å². The number of hydrogen-bond donors (Lipinski definition) is 0. The normalized spacial score (nSPS) is 11.6. The average molecular weight is 289 g/mol. The van der Waals surface area contributed by atoms with Gasteiger partial charge in [0.15, 0.2) is 0 Å². The third kappa shape index (κ3) is 4.81. The molecule has 0 unspecified atom stereocenters. The summed E-state index contributed by atoms with van der Waals surface area (Å²) in [5.41, 5.74) is 0.0186. The van der Waals surface area contributed by atoms with Crippen LogP contribution in [0.2, 0.25) is 0 Å². The van der Waals surface area contributed by atoms with E-state index in [0.29, 0.717) is 6.04 Å². The molecule has 0 N–H and O–H groups in total. The summed E-state index contributed by atoms with van der Waals surface area (Å²) in [6, 6.07) is 0.397. The Morgan fingerprint density at radius 1 is 1.06 bits per heavy atom. The molecule has 0 atom stereocenters. The van der Waals surface area contributed by atoms with Crippen LogP contribution in [0.4, 0.5) is 0 Å². The molecule has 0 spiro atoms.